The van der Waals surface area contributed by atoms with Gasteiger partial charge < -0.3 is 78.2 Å². The number of methoxy groups -OCH3 is 3. The normalized spacial score (nSPS) is 18.4. The van der Waals surface area contributed by atoms with Crippen LogP contribution in [0, 0.1) is 48.2 Å². The van der Waals surface area contributed by atoms with Crippen LogP contribution in [-0.4, -0.2) is 363 Å². The third-order valence-electron chi connectivity index (χ3n) is 29.0. The SMILES string of the molecule is COc1cnc(-n2cnc(C)n2)c2[nH]cc(C(=O)C(=O)N3CC4(C3)CN(c3nnnn3-c3ccccc3)C4)c12.COc1cnc(-n2cnc(C)n2)c2[nH]cc(C(=O)C(=O)N3CCC4(CCN(C(=O)N(C)C)C4)C3)c12.COc1cnc(-n2cnc(C)n2)c2[nH]cc(C(=O)C(=O)N3CCC4(CCN(C(=O)c5ccccc5)C4)C3)c12.O=C(C(=O)N1CCC2(CCN(C(=O)c3ccccc3)C2)C1)c1c[nH]c2c(-n3ccnn3)ncc(F)c12. The fourth-order valence-electron chi connectivity index (χ4n) is 21.6. The van der Waals surface area contributed by atoms with Crippen LogP contribution in [0.5, 0.6) is 17.2 Å². The van der Waals surface area contributed by atoms with Crippen molar-refractivity contribution < 1.29 is 71.3 Å². The number of hydrogen-bond donors (Lipinski definition) is 4. The molecular weight excluding hydrogens is 1910 g/mol. The fourth-order valence-corrected chi connectivity index (χ4v) is 21.6. The molecule has 13 aromatic heterocycles. The van der Waals surface area contributed by atoms with Gasteiger partial charge in [-0.1, -0.05) is 64.9 Å². The molecule has 24 rings (SSSR count). The van der Waals surface area contributed by atoms with Crippen LogP contribution in [0.4, 0.5) is 15.1 Å². The average Bonchev–Trinajstić information content (AvgIpc) is 0.812. The van der Waals surface area contributed by atoms with E-state index >= 15 is 0 Å². The molecule has 47 nitrogen and oxygen atoms in total. The van der Waals surface area contributed by atoms with Crippen molar-refractivity contribution in [2.45, 2.75) is 59.3 Å². The number of Topliss-reactive ketones (excluding diaryl/α,β-unsaturated/α-hetero) is 4. The molecule has 148 heavy (non-hydrogen) atoms. The Bertz CT molecular complexity index is 7930. The van der Waals surface area contributed by atoms with E-state index in [9.17, 15) is 57.1 Å². The first kappa shape index (κ1) is 96.1. The summed E-state index contributed by atoms with van der Waals surface area (Å²) in [7, 11) is 7.94. The van der Waals surface area contributed by atoms with E-state index in [1.54, 1.807) is 77.5 Å². The van der Waals surface area contributed by atoms with Crippen LogP contribution in [0.1, 0.15) is 118 Å². The van der Waals surface area contributed by atoms with Crippen molar-refractivity contribution in [1.29, 1.82) is 0 Å². The van der Waals surface area contributed by atoms with Gasteiger partial charge in [-0.15, -0.1) is 5.10 Å². The van der Waals surface area contributed by atoms with Crippen LogP contribution in [0.2, 0.25) is 0 Å². The molecule has 8 aliphatic rings. The summed E-state index contributed by atoms with van der Waals surface area (Å²) in [5.74, 6) is -0.569. The van der Waals surface area contributed by atoms with Crippen molar-refractivity contribution in [3.8, 4) is 46.2 Å². The molecule has 756 valence electrons. The number of urea groups is 1. The Morgan fingerprint density at radius 1 is 0.378 bits per heavy atom. The van der Waals surface area contributed by atoms with Gasteiger partial charge in [-0.05, 0) is 106 Å². The highest BCUT2D eigenvalue weighted by Crippen LogP contribution is 2.47. The third kappa shape index (κ3) is 17.6. The number of fused-ring (bicyclic) bond motifs is 4. The number of rotatable bonds is 19. The molecular formula is C100H100FN33O14. The minimum atomic E-state index is -0.789. The zero-order valence-electron chi connectivity index (χ0n) is 81.8. The summed E-state index contributed by atoms with van der Waals surface area (Å²) in [6.45, 7) is 13.9. The highest BCUT2D eigenvalue weighted by Gasteiger charge is 2.56. The van der Waals surface area contributed by atoms with Gasteiger partial charge in [0.2, 0.25) is 5.95 Å². The zero-order valence-corrected chi connectivity index (χ0v) is 81.8. The number of ketones is 4. The first-order valence-electron chi connectivity index (χ1n) is 47.9. The van der Waals surface area contributed by atoms with Crippen LogP contribution < -0.4 is 19.1 Å². The second kappa shape index (κ2) is 38.6. The Labute approximate surface area is 840 Å². The molecule has 3 aromatic carbocycles. The molecule has 3 unspecified atom stereocenters. The minimum Gasteiger partial charge on any atom is -0.494 e. The van der Waals surface area contributed by atoms with Crippen LogP contribution >= 0.6 is 0 Å². The van der Waals surface area contributed by atoms with Crippen LogP contribution in [0.3, 0.4) is 0 Å². The van der Waals surface area contributed by atoms with E-state index in [2.05, 4.69) is 101 Å². The number of nitrogens with one attached hydrogen (secondary N) is 4. The Hall–Kier alpha value is -18.1. The summed E-state index contributed by atoms with van der Waals surface area (Å²) in [5, 5.41) is 34.1. The number of carbonyl (C=O) groups is 11. The van der Waals surface area contributed by atoms with Gasteiger partial charge in [-0.2, -0.15) is 20.0 Å². The maximum Gasteiger partial charge on any atom is 0.319 e. The Balaban J connectivity index is 0.000000116. The number of hydrogen-bond acceptors (Lipinski definition) is 30. The number of aromatic amines is 4. The molecule has 0 bridgehead atoms. The Kier molecular flexibility index (Phi) is 25.0. The number of ether oxygens (including phenoxy) is 3. The first-order chi connectivity index (χ1) is 71.5. The van der Waals surface area contributed by atoms with E-state index in [0.29, 0.717) is 213 Å². The number of nitrogens with zero attached hydrogens (tertiary/aromatic N) is 29. The number of pyridine rings is 4. The summed E-state index contributed by atoms with van der Waals surface area (Å²) in [6, 6.07) is 28.0. The molecule has 4 N–H and O–H groups in total. The topological polar surface area (TPSA) is 526 Å². The lowest BCUT2D eigenvalue weighted by Gasteiger charge is -2.59. The third-order valence-corrected chi connectivity index (χ3v) is 29.0. The van der Waals surface area contributed by atoms with Gasteiger partial charge in [0.25, 0.3) is 58.6 Å². The Morgan fingerprint density at radius 3 is 1.09 bits per heavy atom. The van der Waals surface area contributed by atoms with Crippen molar-refractivity contribution in [2.24, 2.45) is 21.7 Å². The molecule has 8 aliphatic heterocycles. The molecule has 8 fully saturated rings. The number of carbonyl (C=O) groups excluding carboxylic acids is 11. The fraction of sp³-hybridized carbons (Fsp3) is 0.340. The molecule has 48 heteroatoms. The van der Waals surface area contributed by atoms with Gasteiger partial charge in [0.1, 0.15) is 53.7 Å². The lowest BCUT2D eigenvalue weighted by Crippen LogP contribution is -2.74. The Morgan fingerprint density at radius 2 is 0.716 bits per heavy atom. The molecule has 8 amide bonds. The predicted molar refractivity (Wildman–Crippen MR) is 526 cm³/mol. The number of amides is 8. The molecule has 0 aliphatic carbocycles. The van der Waals surface area contributed by atoms with Crippen LogP contribution in [0.15, 0.2) is 172 Å². The van der Waals surface area contributed by atoms with Gasteiger partial charge in [0.05, 0.1) is 130 Å². The van der Waals surface area contributed by atoms with Crippen LogP contribution in [-0.2, 0) is 19.2 Å². The number of aromatic nitrogens is 24. The summed E-state index contributed by atoms with van der Waals surface area (Å²) in [4.78, 5) is 202. The van der Waals surface area contributed by atoms with Crippen molar-refractivity contribution in [3.63, 3.8) is 0 Å². The number of tetrazole rings is 1. The van der Waals surface area contributed by atoms with Crippen molar-refractivity contribution in [1.82, 2.24) is 159 Å². The number of H-pyrrole nitrogens is 4. The maximum absolute atomic E-state index is 14.8. The lowest BCUT2D eigenvalue weighted by molar-refractivity contribution is -0.140. The quantitative estimate of drug-likeness (QED) is 0.0474. The summed E-state index contributed by atoms with van der Waals surface area (Å²) in [5.41, 5.74) is 3.94. The monoisotopic (exact) mass is 2010 g/mol. The smallest absolute Gasteiger partial charge is 0.319 e. The standard InChI is InChI=1S/C27H27N7O4.C25H22FN7O3.C25H23N11O3.C23H28N8O4/c1-17-30-16-34(31-17)24-22-21(20(38-2)13-29-24)19(12-28-22)23(35)26(37)33-11-9-27(15-33)8-10-32(14-27)25(36)18-6-4-3-5-7-18;26-18-13-28-22(33-11-8-29-30-33)20-19(18)17(12-27-20)21(34)24(36)32-10-7-25(15-32)6-9-31(14-25)23(35)16-4-2-1-3-5-16;1-15-28-14-35(30-15)22-20-19(18(39-2)9-27-22)17(8-26-20)21(37)23(38)33-10-25(11-33)12-34(13-25)24-29-31-32-36(24)16-6-4-3-5-7-16;1-14-26-13-31(27-14)20-18-17(16(35-4)10-25-20)15(9-24-18)19(32)21(33)29-7-5-23(11-29)6-8-30(12-23)22(34)28(2)3/h3-7,12-13,16,28H,8-11,14-15H2,1-2H3;1-5,8,11-13,27H,6-7,9-10,14-15H2;3-9,14,26H,10-13H2,1-2H3;9-10,13,24H,5-8,11-12H2,1-4H3. The second-order valence-corrected chi connectivity index (χ2v) is 38.8. The summed E-state index contributed by atoms with van der Waals surface area (Å²) >= 11 is 0. The average molecular weight is 2010 g/mol. The number of likely N-dealkylation sites (tertiary alicyclic amines) is 7. The number of anilines is 1. The van der Waals surface area contributed by atoms with Gasteiger partial charge in [-0.3, -0.25) is 47.9 Å². The highest BCUT2D eigenvalue weighted by molar-refractivity contribution is 6.47. The van der Waals surface area contributed by atoms with Gasteiger partial charge >= 0.3 is 6.03 Å². The zero-order chi connectivity index (χ0) is 103. The minimum absolute atomic E-state index is 0.00112. The number of aryl methyl sites for hydroxylation is 3. The van der Waals surface area contributed by atoms with E-state index in [0.717, 1.165) is 44.0 Å². The van der Waals surface area contributed by atoms with Gasteiger partial charge in [0, 0.05) is 176 Å². The van der Waals surface area contributed by atoms with E-state index in [-0.39, 0.29) is 78.5 Å². The van der Waals surface area contributed by atoms with E-state index in [4.69, 9.17) is 14.2 Å². The number of benzene rings is 3. The molecule has 8 saturated heterocycles. The molecule has 3 atom stereocenters. The van der Waals surface area contributed by atoms with Crippen LogP contribution in [0.25, 0.3) is 72.6 Å². The maximum atomic E-state index is 14.8. The highest BCUT2D eigenvalue weighted by atomic mass is 19.1. The first-order valence-corrected chi connectivity index (χ1v) is 47.9. The van der Waals surface area contributed by atoms with Gasteiger partial charge in [-0.25, -0.2) is 62.8 Å². The van der Waals surface area contributed by atoms with Crippen molar-refractivity contribution in [2.75, 3.05) is 145 Å². The van der Waals surface area contributed by atoms with E-state index in [1.807, 2.05) is 93.6 Å². The second-order valence-electron chi connectivity index (χ2n) is 38.8. The molecule has 0 radical (unpaired) electrons. The molecule has 4 spiro atoms. The predicted octanol–water partition coefficient (Wildman–Crippen LogP) is 6.86. The molecule has 0 saturated carbocycles. The summed E-state index contributed by atoms with van der Waals surface area (Å²) < 4.78 is 38.8. The van der Waals surface area contributed by atoms with Crippen molar-refractivity contribution >= 4 is 114 Å². The van der Waals surface area contributed by atoms with E-state index in [1.165, 1.54) is 114 Å². The van der Waals surface area contributed by atoms with Gasteiger partial charge in [0.15, 0.2) is 29.1 Å². The largest absolute Gasteiger partial charge is 0.494 e. The summed E-state index contributed by atoms with van der Waals surface area (Å²) in [6.07, 6.45) is 23.6. The lowest BCUT2D eigenvalue weighted by atomic mass is 9.72. The number of para-hydroxylation sites is 1. The van der Waals surface area contributed by atoms with Crippen molar-refractivity contribution in [3.05, 3.63) is 229 Å². The molecule has 21 heterocycles. The van der Waals surface area contributed by atoms with E-state index < -0.39 is 52.6 Å². The molecule has 16 aromatic rings. The number of halogens is 1.